The number of amides is 2. The van der Waals surface area contributed by atoms with Crippen LogP contribution in [0.1, 0.15) is 13.3 Å². The number of ether oxygens (including phenoxy) is 1. The zero-order valence-corrected chi connectivity index (χ0v) is 15.4. The number of nitrogens with zero attached hydrogens (tertiary/aromatic N) is 1. The second-order valence-corrected chi connectivity index (χ2v) is 6.16. The van der Waals surface area contributed by atoms with Crippen LogP contribution in [0.3, 0.4) is 0 Å². The Morgan fingerprint density at radius 3 is 2.32 bits per heavy atom. The molecule has 0 atom stereocenters. The quantitative estimate of drug-likeness (QED) is 0.808. The fourth-order valence-corrected chi connectivity index (χ4v) is 2.59. The second kappa shape index (κ2) is 8.74. The van der Waals surface area contributed by atoms with Gasteiger partial charge >= 0.3 is 0 Å². The maximum atomic E-state index is 12.2. The lowest BCUT2D eigenvalue weighted by Gasteiger charge is -2.21. The van der Waals surface area contributed by atoms with Crippen LogP contribution in [0, 0.1) is 0 Å². The topological polar surface area (TPSA) is 58.6 Å². The van der Waals surface area contributed by atoms with Gasteiger partial charge in [-0.3, -0.25) is 9.59 Å². The maximum absolute atomic E-state index is 12.2. The smallest absolute Gasteiger partial charge is 0.226 e. The van der Waals surface area contributed by atoms with Gasteiger partial charge in [0.2, 0.25) is 11.8 Å². The molecule has 25 heavy (non-hydrogen) atoms. The zero-order chi connectivity index (χ0) is 18.4. The van der Waals surface area contributed by atoms with Crippen molar-refractivity contribution in [3.63, 3.8) is 0 Å². The number of carbonyl (C=O) groups is 2. The molecular weight excluding hydrogens is 363 g/mol. The number of rotatable bonds is 6. The minimum atomic E-state index is -0.249. The molecule has 0 radical (unpaired) electrons. The van der Waals surface area contributed by atoms with Gasteiger partial charge in [0.15, 0.2) is 0 Å². The monoisotopic (exact) mass is 380 g/mol. The minimum absolute atomic E-state index is 0.123. The normalized spacial score (nSPS) is 10.2. The van der Waals surface area contributed by atoms with Gasteiger partial charge in [0, 0.05) is 35.6 Å². The Kier molecular flexibility index (Phi) is 6.67. The van der Waals surface area contributed by atoms with Gasteiger partial charge < -0.3 is 15.0 Å². The van der Waals surface area contributed by atoms with Crippen LogP contribution in [0.15, 0.2) is 42.5 Å². The number of carbonyl (C=O) groups excluding carboxylic acids is 2. The van der Waals surface area contributed by atoms with Crippen LogP contribution in [-0.2, 0) is 9.59 Å². The number of hydrogen-bond acceptors (Lipinski definition) is 3. The Labute approximate surface area is 156 Å². The van der Waals surface area contributed by atoms with Crippen molar-refractivity contribution in [2.24, 2.45) is 0 Å². The lowest BCUT2D eigenvalue weighted by atomic mass is 10.2. The van der Waals surface area contributed by atoms with E-state index >= 15 is 0 Å². The van der Waals surface area contributed by atoms with E-state index in [4.69, 9.17) is 27.9 Å². The van der Waals surface area contributed by atoms with Crippen LogP contribution in [-0.4, -0.2) is 25.5 Å². The molecule has 2 aromatic carbocycles. The minimum Gasteiger partial charge on any atom is -0.495 e. The predicted molar refractivity (Wildman–Crippen MR) is 101 cm³/mol. The standard InChI is InChI=1S/C18H18Cl2N2O3/c1-12(23)22(15-6-3-13(19)4-7-15)10-9-18(24)21-16-11-14(20)5-8-17(16)25-2/h3-8,11H,9-10H2,1-2H3,(H,21,24). The van der Waals surface area contributed by atoms with Crippen LogP contribution < -0.4 is 15.0 Å². The summed E-state index contributed by atoms with van der Waals surface area (Å²) in [7, 11) is 1.51. The largest absolute Gasteiger partial charge is 0.495 e. The molecule has 5 nitrogen and oxygen atoms in total. The molecule has 0 saturated heterocycles. The third kappa shape index (κ3) is 5.37. The Balaban J connectivity index is 2.03. The van der Waals surface area contributed by atoms with E-state index < -0.39 is 0 Å². The fraction of sp³-hybridized carbons (Fsp3) is 0.222. The number of methoxy groups -OCH3 is 1. The molecular formula is C18H18Cl2N2O3. The van der Waals surface area contributed by atoms with E-state index in [-0.39, 0.29) is 24.8 Å². The molecule has 0 aromatic heterocycles. The zero-order valence-electron chi connectivity index (χ0n) is 13.9. The first kappa shape index (κ1) is 19.1. The summed E-state index contributed by atoms with van der Waals surface area (Å²) in [5.74, 6) is 0.107. The Morgan fingerprint density at radius 2 is 1.72 bits per heavy atom. The van der Waals surface area contributed by atoms with Crippen LogP contribution in [0.25, 0.3) is 0 Å². The number of benzene rings is 2. The number of anilines is 2. The molecule has 0 fully saturated rings. The van der Waals surface area contributed by atoms with E-state index in [0.717, 1.165) is 0 Å². The summed E-state index contributed by atoms with van der Waals surface area (Å²) < 4.78 is 5.20. The molecule has 0 spiro atoms. The molecule has 0 aliphatic carbocycles. The SMILES string of the molecule is COc1ccc(Cl)cc1NC(=O)CCN(C(C)=O)c1ccc(Cl)cc1. The van der Waals surface area contributed by atoms with Gasteiger partial charge in [0.25, 0.3) is 0 Å². The number of halogens is 2. The summed E-state index contributed by atoms with van der Waals surface area (Å²) in [5, 5.41) is 3.82. The van der Waals surface area contributed by atoms with Gasteiger partial charge in [-0.2, -0.15) is 0 Å². The van der Waals surface area contributed by atoms with Crippen molar-refractivity contribution < 1.29 is 14.3 Å². The van der Waals surface area contributed by atoms with E-state index in [1.54, 1.807) is 42.5 Å². The molecule has 2 rings (SSSR count). The summed E-state index contributed by atoms with van der Waals surface area (Å²) in [4.78, 5) is 25.6. The number of nitrogens with one attached hydrogen (secondary N) is 1. The molecule has 0 unspecified atom stereocenters. The van der Waals surface area contributed by atoms with E-state index in [9.17, 15) is 9.59 Å². The van der Waals surface area contributed by atoms with Crippen molar-refractivity contribution in [1.82, 2.24) is 0 Å². The predicted octanol–water partition coefficient (Wildman–Crippen LogP) is 4.38. The van der Waals surface area contributed by atoms with Crippen molar-refractivity contribution in [1.29, 1.82) is 0 Å². The Morgan fingerprint density at radius 1 is 1.08 bits per heavy atom. The van der Waals surface area contributed by atoms with Gasteiger partial charge in [0.1, 0.15) is 5.75 Å². The first-order valence-electron chi connectivity index (χ1n) is 7.57. The fourth-order valence-electron chi connectivity index (χ4n) is 2.29. The molecule has 7 heteroatoms. The average molecular weight is 381 g/mol. The molecule has 0 saturated carbocycles. The molecule has 2 amide bonds. The molecule has 1 N–H and O–H groups in total. The Hall–Kier alpha value is -2.24. The summed E-state index contributed by atoms with van der Waals surface area (Å²) in [6.07, 6.45) is 0.123. The third-order valence-corrected chi connectivity index (χ3v) is 4.00. The molecule has 0 aliphatic heterocycles. The van der Waals surface area contributed by atoms with Gasteiger partial charge in [-0.15, -0.1) is 0 Å². The van der Waals surface area contributed by atoms with Crippen molar-refractivity contribution >= 4 is 46.4 Å². The molecule has 132 valence electrons. The lowest BCUT2D eigenvalue weighted by molar-refractivity contribution is -0.117. The van der Waals surface area contributed by atoms with E-state index in [0.29, 0.717) is 27.2 Å². The second-order valence-electron chi connectivity index (χ2n) is 5.29. The Bertz CT molecular complexity index is 763. The molecule has 0 bridgehead atoms. The maximum Gasteiger partial charge on any atom is 0.226 e. The van der Waals surface area contributed by atoms with Gasteiger partial charge in [-0.25, -0.2) is 0 Å². The van der Waals surface area contributed by atoms with Crippen LogP contribution >= 0.6 is 23.2 Å². The third-order valence-electron chi connectivity index (χ3n) is 3.52. The van der Waals surface area contributed by atoms with Gasteiger partial charge in [0.05, 0.1) is 12.8 Å². The van der Waals surface area contributed by atoms with Crippen molar-refractivity contribution in [3.8, 4) is 5.75 Å². The summed E-state index contributed by atoms with van der Waals surface area (Å²) in [6, 6.07) is 11.8. The van der Waals surface area contributed by atoms with E-state index in [2.05, 4.69) is 5.32 Å². The lowest BCUT2D eigenvalue weighted by Crippen LogP contribution is -2.31. The summed E-state index contributed by atoms with van der Waals surface area (Å²) in [6.45, 7) is 1.69. The highest BCUT2D eigenvalue weighted by molar-refractivity contribution is 6.31. The molecule has 0 heterocycles. The molecule has 0 aliphatic rings. The van der Waals surface area contributed by atoms with Gasteiger partial charge in [-0.1, -0.05) is 23.2 Å². The van der Waals surface area contributed by atoms with Crippen LogP contribution in [0.5, 0.6) is 5.75 Å². The highest BCUT2D eigenvalue weighted by Crippen LogP contribution is 2.27. The molecule has 2 aromatic rings. The van der Waals surface area contributed by atoms with Crippen LogP contribution in [0.2, 0.25) is 10.0 Å². The van der Waals surface area contributed by atoms with Gasteiger partial charge in [-0.05, 0) is 42.5 Å². The highest BCUT2D eigenvalue weighted by Gasteiger charge is 2.14. The van der Waals surface area contributed by atoms with Crippen LogP contribution in [0.4, 0.5) is 11.4 Å². The highest BCUT2D eigenvalue weighted by atomic mass is 35.5. The van der Waals surface area contributed by atoms with E-state index in [1.165, 1.54) is 18.9 Å². The van der Waals surface area contributed by atoms with Crippen molar-refractivity contribution in [2.75, 3.05) is 23.9 Å². The van der Waals surface area contributed by atoms with E-state index in [1.807, 2.05) is 0 Å². The van der Waals surface area contributed by atoms with Crippen molar-refractivity contribution in [3.05, 3.63) is 52.5 Å². The average Bonchev–Trinajstić information content (AvgIpc) is 2.56. The first-order valence-corrected chi connectivity index (χ1v) is 8.33. The van der Waals surface area contributed by atoms with Crippen molar-refractivity contribution in [2.45, 2.75) is 13.3 Å². The first-order chi connectivity index (χ1) is 11.9. The number of hydrogen-bond donors (Lipinski definition) is 1. The summed E-state index contributed by atoms with van der Waals surface area (Å²) >= 11 is 11.8. The summed E-state index contributed by atoms with van der Waals surface area (Å²) in [5.41, 5.74) is 1.17.